The average Bonchev–Trinajstić information content (AvgIpc) is 3.00. The maximum Gasteiger partial charge on any atom is 0.222 e. The lowest BCUT2D eigenvalue weighted by atomic mass is 9.97. The first-order valence-corrected chi connectivity index (χ1v) is 7.35. The minimum Gasteiger partial charge on any atom is -0.391 e. The zero-order valence-corrected chi connectivity index (χ0v) is 13.3. The van der Waals surface area contributed by atoms with Crippen LogP contribution in [0.5, 0.6) is 0 Å². The van der Waals surface area contributed by atoms with E-state index in [2.05, 4.69) is 26.8 Å². The molecule has 0 bridgehead atoms. The molecule has 0 radical (unpaired) electrons. The Balaban J connectivity index is 2.14. The van der Waals surface area contributed by atoms with E-state index in [-0.39, 0.29) is 5.95 Å². The summed E-state index contributed by atoms with van der Waals surface area (Å²) in [6.45, 7) is 3.12. The van der Waals surface area contributed by atoms with Gasteiger partial charge >= 0.3 is 0 Å². The fourth-order valence-electron chi connectivity index (χ4n) is 2.69. The number of hydrogen-bond donors (Lipinski definition) is 3. The fraction of sp³-hybridized carbons (Fsp3) is 0.500. The highest BCUT2D eigenvalue weighted by molar-refractivity contribution is 6.27. The Hall–Kier alpha value is -1.92. The summed E-state index contributed by atoms with van der Waals surface area (Å²) in [5, 5.41) is 20.3. The Morgan fingerprint density at radius 1 is 1.52 bits per heavy atom. The van der Waals surface area contributed by atoms with Crippen LogP contribution < -0.4 is 5.73 Å². The van der Waals surface area contributed by atoms with Crippen molar-refractivity contribution in [3.8, 4) is 11.8 Å². The Morgan fingerprint density at radius 3 is 2.91 bits per heavy atom. The average molecular weight is 338 g/mol. The van der Waals surface area contributed by atoms with Crippen LogP contribution in [0.4, 0.5) is 5.95 Å². The van der Waals surface area contributed by atoms with E-state index in [0.29, 0.717) is 11.2 Å². The van der Waals surface area contributed by atoms with Gasteiger partial charge < -0.3 is 20.7 Å². The highest BCUT2D eigenvalue weighted by Gasteiger charge is 2.57. The number of aromatic nitrogens is 4. The molecule has 4 N–H and O–H groups in total. The van der Waals surface area contributed by atoms with Gasteiger partial charge in [-0.2, -0.15) is 4.98 Å². The lowest BCUT2D eigenvalue weighted by molar-refractivity contribution is -0.0752. The van der Waals surface area contributed by atoms with Gasteiger partial charge in [0.05, 0.1) is 18.6 Å². The maximum atomic E-state index is 10.5. The van der Waals surface area contributed by atoms with Crippen LogP contribution in [0, 0.1) is 11.8 Å². The number of alkyl halides is 1. The normalized spacial score (nSPS) is 31.8. The molecule has 3 heterocycles. The second kappa shape index (κ2) is 5.62. The standard InChI is InChI=1S/C14H16ClN5O3/c1-3-4-14(15)10(22)9(7(2)21)23-12(14)20-6-18-8-5-17-13(16)19-11(8)20/h5-7,9-10,12,21-22H,1-2H3,(H2,16,17,19)/t7-,9?,10?,12+,14+/m0/s1. The SMILES string of the molecule is CC#C[C@@]1(Cl)C(O)C([C@H](C)O)O[C@H]1n1cnc2cnc(N)nc21. The molecule has 122 valence electrons. The summed E-state index contributed by atoms with van der Waals surface area (Å²) >= 11 is 6.57. The predicted molar refractivity (Wildman–Crippen MR) is 83.4 cm³/mol. The first-order valence-electron chi connectivity index (χ1n) is 6.98. The van der Waals surface area contributed by atoms with Crippen molar-refractivity contribution >= 4 is 28.7 Å². The van der Waals surface area contributed by atoms with Crippen LogP contribution >= 0.6 is 11.6 Å². The Kier molecular flexibility index (Phi) is 3.90. The van der Waals surface area contributed by atoms with E-state index >= 15 is 0 Å². The first kappa shape index (κ1) is 16.0. The summed E-state index contributed by atoms with van der Waals surface area (Å²) in [6.07, 6.45) is -0.970. The van der Waals surface area contributed by atoms with Gasteiger partial charge in [-0.3, -0.25) is 4.57 Å². The monoisotopic (exact) mass is 337 g/mol. The molecule has 1 aliphatic rings. The lowest BCUT2D eigenvalue weighted by Crippen LogP contribution is -2.43. The summed E-state index contributed by atoms with van der Waals surface area (Å²) in [5.41, 5.74) is 6.53. The molecule has 2 unspecified atom stereocenters. The summed E-state index contributed by atoms with van der Waals surface area (Å²) in [7, 11) is 0. The van der Waals surface area contributed by atoms with E-state index in [4.69, 9.17) is 22.1 Å². The van der Waals surface area contributed by atoms with E-state index in [1.807, 2.05) is 0 Å². The molecule has 5 atom stereocenters. The molecule has 2 aromatic heterocycles. The van der Waals surface area contributed by atoms with Gasteiger partial charge in [-0.25, -0.2) is 9.97 Å². The number of aliphatic hydroxyl groups is 2. The molecular weight excluding hydrogens is 322 g/mol. The van der Waals surface area contributed by atoms with Crippen LogP contribution in [0.25, 0.3) is 11.2 Å². The molecule has 1 aliphatic heterocycles. The molecule has 0 amide bonds. The molecule has 8 nitrogen and oxygen atoms in total. The molecule has 0 saturated carbocycles. The highest BCUT2D eigenvalue weighted by Crippen LogP contribution is 2.45. The second-order valence-electron chi connectivity index (χ2n) is 5.37. The lowest BCUT2D eigenvalue weighted by Gasteiger charge is -2.25. The van der Waals surface area contributed by atoms with Gasteiger partial charge in [-0.1, -0.05) is 17.5 Å². The van der Waals surface area contributed by atoms with Crippen molar-refractivity contribution in [1.82, 2.24) is 19.5 Å². The Bertz CT molecular complexity index is 799. The zero-order valence-electron chi connectivity index (χ0n) is 12.5. The number of nitrogen functional groups attached to an aromatic ring is 1. The summed E-state index contributed by atoms with van der Waals surface area (Å²) in [4.78, 5) is 10.7. The van der Waals surface area contributed by atoms with Gasteiger partial charge in [0.2, 0.25) is 5.95 Å². The second-order valence-corrected chi connectivity index (χ2v) is 6.00. The number of halogens is 1. The summed E-state index contributed by atoms with van der Waals surface area (Å²) < 4.78 is 7.32. The van der Waals surface area contributed by atoms with Crippen molar-refractivity contribution in [1.29, 1.82) is 0 Å². The van der Waals surface area contributed by atoms with E-state index in [1.165, 1.54) is 24.0 Å². The van der Waals surface area contributed by atoms with Gasteiger partial charge in [-0.05, 0) is 13.8 Å². The van der Waals surface area contributed by atoms with Gasteiger partial charge in [0.1, 0.15) is 17.7 Å². The molecule has 0 aromatic carbocycles. The fourth-order valence-corrected chi connectivity index (χ4v) is 3.07. The van der Waals surface area contributed by atoms with Crippen molar-refractivity contribution in [2.45, 2.75) is 43.3 Å². The van der Waals surface area contributed by atoms with E-state index in [9.17, 15) is 10.2 Å². The topological polar surface area (TPSA) is 119 Å². The van der Waals surface area contributed by atoms with E-state index in [0.717, 1.165) is 0 Å². The van der Waals surface area contributed by atoms with Crippen LogP contribution in [0.1, 0.15) is 20.1 Å². The quantitative estimate of drug-likeness (QED) is 0.523. The number of imidazole rings is 1. The highest BCUT2D eigenvalue weighted by atomic mass is 35.5. The third-order valence-electron chi connectivity index (χ3n) is 3.77. The van der Waals surface area contributed by atoms with Crippen LogP contribution in [0.3, 0.4) is 0 Å². The third kappa shape index (κ3) is 2.42. The predicted octanol–water partition coefficient (Wildman–Crippen LogP) is 0.0485. The van der Waals surface area contributed by atoms with Crippen LogP contribution in [0.2, 0.25) is 0 Å². The van der Waals surface area contributed by atoms with Gasteiger partial charge in [0.25, 0.3) is 0 Å². The summed E-state index contributed by atoms with van der Waals surface area (Å²) in [5.74, 6) is 5.55. The number of fused-ring (bicyclic) bond motifs is 1. The molecule has 3 rings (SSSR count). The van der Waals surface area contributed by atoms with Gasteiger partial charge in [0, 0.05) is 0 Å². The number of rotatable bonds is 2. The molecule has 0 aliphatic carbocycles. The molecule has 0 spiro atoms. The zero-order chi connectivity index (χ0) is 16.8. The third-order valence-corrected chi connectivity index (χ3v) is 4.27. The van der Waals surface area contributed by atoms with Crippen LogP contribution in [-0.4, -0.2) is 52.9 Å². The molecule has 2 aromatic rings. The molecule has 1 saturated heterocycles. The minimum atomic E-state index is -1.45. The molecule has 23 heavy (non-hydrogen) atoms. The van der Waals surface area contributed by atoms with Crippen LogP contribution in [0.15, 0.2) is 12.5 Å². The largest absolute Gasteiger partial charge is 0.391 e. The first-order chi connectivity index (χ1) is 10.9. The Morgan fingerprint density at radius 2 is 2.26 bits per heavy atom. The van der Waals surface area contributed by atoms with Crippen LogP contribution in [-0.2, 0) is 4.74 Å². The van der Waals surface area contributed by atoms with Gasteiger partial charge in [-0.15, -0.1) is 5.92 Å². The smallest absolute Gasteiger partial charge is 0.222 e. The maximum absolute atomic E-state index is 10.5. The summed E-state index contributed by atoms with van der Waals surface area (Å²) in [6, 6.07) is 0. The molecule has 1 fully saturated rings. The van der Waals surface area contributed by atoms with Gasteiger partial charge in [0.15, 0.2) is 16.7 Å². The Labute approximate surface area is 137 Å². The number of hydrogen-bond acceptors (Lipinski definition) is 7. The van der Waals surface area contributed by atoms with Crippen molar-refractivity contribution in [2.75, 3.05) is 5.73 Å². The molecule has 9 heteroatoms. The van der Waals surface area contributed by atoms with Crippen molar-refractivity contribution in [3.05, 3.63) is 12.5 Å². The van der Waals surface area contributed by atoms with Crippen molar-refractivity contribution in [3.63, 3.8) is 0 Å². The van der Waals surface area contributed by atoms with E-state index in [1.54, 1.807) is 6.92 Å². The number of nitrogens with zero attached hydrogens (tertiary/aromatic N) is 4. The number of aliphatic hydroxyl groups excluding tert-OH is 2. The molecular formula is C14H16ClN5O3. The number of nitrogens with two attached hydrogens (primary N) is 1. The van der Waals surface area contributed by atoms with Crippen molar-refractivity contribution in [2.24, 2.45) is 0 Å². The van der Waals surface area contributed by atoms with Crippen molar-refractivity contribution < 1.29 is 14.9 Å². The minimum absolute atomic E-state index is 0.0756. The number of ether oxygens (including phenoxy) is 1. The van der Waals surface area contributed by atoms with E-state index < -0.39 is 29.4 Å². The number of anilines is 1.